The van der Waals surface area contributed by atoms with Gasteiger partial charge in [-0.05, 0) is 56.2 Å². The molecule has 0 aliphatic carbocycles. The van der Waals surface area contributed by atoms with Gasteiger partial charge in [0.1, 0.15) is 0 Å². The summed E-state index contributed by atoms with van der Waals surface area (Å²) >= 11 is 0. The molecule has 196 valence electrons. The van der Waals surface area contributed by atoms with Crippen molar-refractivity contribution in [2.45, 2.75) is 64.8 Å². The lowest BCUT2D eigenvalue weighted by atomic mass is 10.1. The van der Waals surface area contributed by atoms with Crippen LogP contribution in [0.3, 0.4) is 0 Å². The van der Waals surface area contributed by atoms with Crippen molar-refractivity contribution in [2.75, 3.05) is 13.1 Å². The van der Waals surface area contributed by atoms with Gasteiger partial charge in [-0.1, -0.05) is 57.5 Å². The van der Waals surface area contributed by atoms with Crippen molar-refractivity contribution in [1.82, 2.24) is 9.24 Å². The molecule has 1 atom stereocenters. The summed E-state index contributed by atoms with van der Waals surface area (Å²) < 4.78 is 52.4. The molecule has 0 N–H and O–H groups in total. The Morgan fingerprint density at radius 3 is 2.14 bits per heavy atom. The van der Waals surface area contributed by atoms with Crippen LogP contribution in [0.4, 0.5) is 18.9 Å². The first-order valence-corrected chi connectivity index (χ1v) is 14.8. The molecule has 1 unspecified atom stereocenters. The molecular formula is C30H35F3N3P. The Kier molecular flexibility index (Phi) is 6.79. The summed E-state index contributed by atoms with van der Waals surface area (Å²) in [6, 6.07) is 20.7. The summed E-state index contributed by atoms with van der Waals surface area (Å²) in [7, 11) is -2.66. The van der Waals surface area contributed by atoms with E-state index in [1.807, 2.05) is 0 Å². The van der Waals surface area contributed by atoms with Crippen LogP contribution in [-0.2, 0) is 12.7 Å². The molecule has 37 heavy (non-hydrogen) atoms. The van der Waals surface area contributed by atoms with Gasteiger partial charge in [-0.25, -0.2) is 4.74 Å². The molecule has 4 aromatic rings. The van der Waals surface area contributed by atoms with E-state index < -0.39 is 18.9 Å². The molecule has 5 rings (SSSR count). The van der Waals surface area contributed by atoms with Gasteiger partial charge in [-0.15, -0.1) is 0 Å². The Morgan fingerprint density at radius 2 is 1.46 bits per heavy atom. The maximum Gasteiger partial charge on any atom is 0.418 e. The van der Waals surface area contributed by atoms with Gasteiger partial charge in [0.25, 0.3) is 0 Å². The largest absolute Gasteiger partial charge is 0.418 e. The van der Waals surface area contributed by atoms with Gasteiger partial charge in [-0.3, -0.25) is 4.67 Å². The lowest BCUT2D eigenvalue weighted by Crippen LogP contribution is -2.39. The Morgan fingerprint density at radius 1 is 0.811 bits per heavy atom. The van der Waals surface area contributed by atoms with Crippen LogP contribution >= 0.6 is 7.21 Å². The van der Waals surface area contributed by atoms with Crippen molar-refractivity contribution in [3.63, 3.8) is 0 Å². The second kappa shape index (κ2) is 9.63. The van der Waals surface area contributed by atoms with Crippen molar-refractivity contribution in [3.8, 4) is 0 Å². The molecule has 0 amide bonds. The van der Waals surface area contributed by atoms with E-state index in [0.717, 1.165) is 61.2 Å². The molecule has 7 heteroatoms. The van der Waals surface area contributed by atoms with Crippen LogP contribution in [0.15, 0.2) is 71.5 Å². The number of para-hydroxylation sites is 1. The van der Waals surface area contributed by atoms with E-state index >= 15 is 0 Å². The third kappa shape index (κ3) is 4.42. The van der Waals surface area contributed by atoms with E-state index in [4.69, 9.17) is 4.74 Å². The number of nitrogens with zero attached hydrogens (tertiary/aromatic N) is 3. The molecule has 1 aromatic heterocycles. The van der Waals surface area contributed by atoms with E-state index in [0.29, 0.717) is 0 Å². The molecule has 3 nitrogen and oxygen atoms in total. The number of alkyl halides is 3. The Balaban J connectivity index is 1.88. The molecule has 0 spiro atoms. The Bertz CT molecular complexity index is 1490. The van der Waals surface area contributed by atoms with E-state index in [-0.39, 0.29) is 10.8 Å². The van der Waals surface area contributed by atoms with Gasteiger partial charge < -0.3 is 4.57 Å². The minimum atomic E-state index is -4.46. The highest BCUT2D eigenvalue weighted by atomic mass is 31.2. The predicted molar refractivity (Wildman–Crippen MR) is 150 cm³/mol. The number of piperidine rings is 1. The fraction of sp³-hybridized carbons (Fsp3) is 0.400. The predicted octanol–water partition coefficient (Wildman–Crippen LogP) is 9.19. The quantitative estimate of drug-likeness (QED) is 0.243. The normalized spacial score (nSPS) is 17.3. The van der Waals surface area contributed by atoms with Crippen LogP contribution in [0.25, 0.3) is 21.8 Å². The summed E-state index contributed by atoms with van der Waals surface area (Å²) in [6.45, 7) is 11.1. The number of hydrogen-bond donors (Lipinski definition) is 0. The lowest BCUT2D eigenvalue weighted by molar-refractivity contribution is -0.137. The topological polar surface area (TPSA) is 20.5 Å². The number of aryl methyl sites for hydroxylation is 1. The van der Waals surface area contributed by atoms with Crippen molar-refractivity contribution in [1.29, 1.82) is 0 Å². The fourth-order valence-corrected chi connectivity index (χ4v) is 10.4. The third-order valence-corrected chi connectivity index (χ3v) is 12.2. The first-order chi connectivity index (χ1) is 17.6. The number of hydrogen-bond acceptors (Lipinski definition) is 1. The van der Waals surface area contributed by atoms with Crippen molar-refractivity contribution in [2.24, 2.45) is 4.74 Å². The highest BCUT2D eigenvalue weighted by Crippen LogP contribution is 2.65. The number of aromatic nitrogens is 1. The zero-order valence-corrected chi connectivity index (χ0v) is 22.9. The Hall–Kier alpha value is -2.56. The van der Waals surface area contributed by atoms with Gasteiger partial charge in [0.05, 0.1) is 18.5 Å². The molecule has 1 aliphatic rings. The zero-order chi connectivity index (χ0) is 26.4. The maximum atomic E-state index is 14.1. The van der Waals surface area contributed by atoms with Crippen LogP contribution in [0.1, 0.15) is 52.5 Å². The number of benzene rings is 3. The standard InChI is InChI=1S/C30H35F3N3P/c1-5-36-27-16-10-7-13-23(27)24-21-22(17-18-28(24)36)37(29(2,3)4,35-19-11-6-12-20-35)34-26-15-9-8-14-25(26)30(31,32)33/h7-10,13-18,21H,5-6,11-12,19-20H2,1-4H3. The molecule has 0 radical (unpaired) electrons. The van der Waals surface area contributed by atoms with E-state index in [1.54, 1.807) is 6.07 Å². The lowest BCUT2D eigenvalue weighted by Gasteiger charge is -2.47. The van der Waals surface area contributed by atoms with Gasteiger partial charge in [0.2, 0.25) is 0 Å². The number of fused-ring (bicyclic) bond motifs is 3. The minimum Gasteiger partial charge on any atom is -0.341 e. The fourth-order valence-electron chi connectivity index (χ4n) is 5.95. The molecule has 0 bridgehead atoms. The molecular weight excluding hydrogens is 490 g/mol. The van der Waals surface area contributed by atoms with Gasteiger partial charge in [-0.2, -0.15) is 13.2 Å². The third-order valence-electron chi connectivity index (χ3n) is 7.57. The second-order valence-corrected chi connectivity index (χ2v) is 14.7. The average Bonchev–Trinajstić information content (AvgIpc) is 3.19. The monoisotopic (exact) mass is 525 g/mol. The van der Waals surface area contributed by atoms with Crippen molar-refractivity contribution in [3.05, 3.63) is 72.3 Å². The van der Waals surface area contributed by atoms with Gasteiger partial charge >= 0.3 is 6.18 Å². The van der Waals surface area contributed by atoms with E-state index in [9.17, 15) is 13.2 Å². The second-order valence-electron chi connectivity index (χ2n) is 10.9. The highest BCUT2D eigenvalue weighted by molar-refractivity contribution is 7.73. The smallest absolute Gasteiger partial charge is 0.341 e. The van der Waals surface area contributed by atoms with Crippen LogP contribution in [0, 0.1) is 0 Å². The number of rotatable bonds is 4. The zero-order valence-electron chi connectivity index (χ0n) is 22.0. The molecule has 2 heterocycles. The average molecular weight is 526 g/mol. The van der Waals surface area contributed by atoms with Crippen LogP contribution in [-0.4, -0.2) is 27.5 Å². The molecule has 1 saturated heterocycles. The first-order valence-electron chi connectivity index (χ1n) is 13.1. The van der Waals surface area contributed by atoms with E-state index in [1.165, 1.54) is 23.0 Å². The van der Waals surface area contributed by atoms with Gasteiger partial charge in [0, 0.05) is 51.9 Å². The summed E-state index contributed by atoms with van der Waals surface area (Å²) in [4.78, 5) is 0. The van der Waals surface area contributed by atoms with Crippen molar-refractivity contribution < 1.29 is 13.2 Å². The molecule has 3 aromatic carbocycles. The summed E-state index contributed by atoms with van der Waals surface area (Å²) in [5.74, 6) is 0. The maximum absolute atomic E-state index is 14.1. The highest BCUT2D eigenvalue weighted by Gasteiger charge is 2.43. The van der Waals surface area contributed by atoms with Crippen LogP contribution in [0.5, 0.6) is 0 Å². The molecule has 1 aliphatic heterocycles. The molecule has 0 saturated carbocycles. The minimum absolute atomic E-state index is 0.0416. The summed E-state index contributed by atoms with van der Waals surface area (Å²) in [5.41, 5.74) is 1.70. The van der Waals surface area contributed by atoms with Crippen LogP contribution < -0.4 is 5.30 Å². The van der Waals surface area contributed by atoms with E-state index in [2.05, 4.69) is 79.4 Å². The van der Waals surface area contributed by atoms with Crippen molar-refractivity contribution >= 4 is 40.0 Å². The summed E-state index contributed by atoms with van der Waals surface area (Å²) in [5, 5.41) is 2.98. The first kappa shape index (κ1) is 26.1. The Labute approximate surface area is 217 Å². The SMILES string of the molecule is CCn1c2ccccc2c2cc(P(=Nc3ccccc3C(F)(F)F)(N3CCCCC3)C(C)(C)C)ccc21. The molecule has 1 fully saturated rings. The van der Waals surface area contributed by atoms with Crippen LogP contribution in [0.2, 0.25) is 0 Å². The summed E-state index contributed by atoms with van der Waals surface area (Å²) in [6.07, 6.45) is -1.26. The van der Waals surface area contributed by atoms with Gasteiger partial charge in [0.15, 0.2) is 0 Å². The number of halogens is 3.